The zero-order chi connectivity index (χ0) is 13.9. The lowest BCUT2D eigenvalue weighted by atomic mass is 10.0. The van der Waals surface area contributed by atoms with Crippen LogP contribution in [0.5, 0.6) is 0 Å². The number of nitrogen functional groups attached to an aromatic ring is 1. The van der Waals surface area contributed by atoms with Crippen LogP contribution in [0.25, 0.3) is 0 Å². The van der Waals surface area contributed by atoms with Crippen molar-refractivity contribution < 1.29 is 28.5 Å². The molecule has 1 aromatic rings. The Labute approximate surface area is 102 Å². The highest BCUT2D eigenvalue weighted by Crippen LogP contribution is 2.26. The molecule has 7 heteroatoms. The van der Waals surface area contributed by atoms with Gasteiger partial charge in [0.2, 0.25) is 0 Å². The number of aliphatic hydroxyl groups excluding tert-OH is 2. The summed E-state index contributed by atoms with van der Waals surface area (Å²) in [5.41, 5.74) is 4.82. The first-order valence-electron chi connectivity index (χ1n) is 5.15. The summed E-state index contributed by atoms with van der Waals surface area (Å²) in [5, 5.41) is 19.1. The number of hydrogen-bond donors (Lipinski definition) is 3. The third-order valence-corrected chi connectivity index (χ3v) is 2.27. The van der Waals surface area contributed by atoms with E-state index in [0.717, 1.165) is 0 Å². The van der Waals surface area contributed by atoms with Gasteiger partial charge in [-0.05, 0) is 13.0 Å². The van der Waals surface area contributed by atoms with Gasteiger partial charge in [-0.3, -0.25) is 0 Å². The fraction of sp³-hybridized carbons (Fsp3) is 0.364. The molecule has 4 N–H and O–H groups in total. The fourth-order valence-corrected chi connectivity index (χ4v) is 1.36. The van der Waals surface area contributed by atoms with Gasteiger partial charge in [-0.25, -0.2) is 13.6 Å². The number of ether oxygens (including phenoxy) is 1. The Morgan fingerprint density at radius 2 is 1.94 bits per heavy atom. The highest BCUT2D eigenvalue weighted by Gasteiger charge is 2.29. The second-order valence-corrected chi connectivity index (χ2v) is 3.54. The maximum absolute atomic E-state index is 13.0. The molecule has 0 saturated carbocycles. The molecule has 0 saturated heterocycles. The second kappa shape index (κ2) is 5.74. The van der Waals surface area contributed by atoms with E-state index in [9.17, 15) is 23.8 Å². The first-order valence-corrected chi connectivity index (χ1v) is 5.15. The monoisotopic (exact) mass is 261 g/mol. The first-order chi connectivity index (χ1) is 8.38. The van der Waals surface area contributed by atoms with Crippen molar-refractivity contribution in [2.45, 2.75) is 19.1 Å². The number of halogens is 2. The van der Waals surface area contributed by atoms with Gasteiger partial charge in [-0.2, -0.15) is 0 Å². The number of carbonyl (C=O) groups excluding carboxylic acids is 1. The normalized spacial score (nSPS) is 14.1. The SMILES string of the molecule is CCOC(=O)C(O)C(O)c1cc(F)c(F)cc1N. The Morgan fingerprint density at radius 3 is 2.50 bits per heavy atom. The lowest BCUT2D eigenvalue weighted by Crippen LogP contribution is -2.30. The molecule has 2 unspecified atom stereocenters. The van der Waals surface area contributed by atoms with Crippen LogP contribution < -0.4 is 5.73 Å². The average molecular weight is 261 g/mol. The average Bonchev–Trinajstić information content (AvgIpc) is 2.32. The van der Waals surface area contributed by atoms with Crippen LogP contribution in [-0.4, -0.2) is 28.9 Å². The van der Waals surface area contributed by atoms with Crippen molar-refractivity contribution in [3.8, 4) is 0 Å². The molecule has 5 nitrogen and oxygen atoms in total. The van der Waals surface area contributed by atoms with E-state index in [1.54, 1.807) is 0 Å². The van der Waals surface area contributed by atoms with E-state index in [2.05, 4.69) is 4.74 Å². The van der Waals surface area contributed by atoms with Crippen LogP contribution in [-0.2, 0) is 9.53 Å². The molecule has 18 heavy (non-hydrogen) atoms. The Bertz CT molecular complexity index is 453. The molecule has 0 aliphatic heterocycles. The number of esters is 1. The molecule has 0 aromatic heterocycles. The standard InChI is InChI=1S/C11H13F2NO4/c1-2-18-11(17)10(16)9(15)5-3-6(12)7(13)4-8(5)14/h3-4,9-10,15-16H,2,14H2,1H3. The Balaban J connectivity index is 3.00. The van der Waals surface area contributed by atoms with Gasteiger partial charge in [0, 0.05) is 17.3 Å². The minimum Gasteiger partial charge on any atom is -0.464 e. The molecule has 0 aliphatic rings. The molecular formula is C11H13F2NO4. The van der Waals surface area contributed by atoms with Crippen LogP contribution in [0.2, 0.25) is 0 Å². The van der Waals surface area contributed by atoms with Gasteiger partial charge in [-0.15, -0.1) is 0 Å². The van der Waals surface area contributed by atoms with Crippen LogP contribution in [0.15, 0.2) is 12.1 Å². The molecule has 0 amide bonds. The Morgan fingerprint density at radius 1 is 1.39 bits per heavy atom. The third-order valence-electron chi connectivity index (χ3n) is 2.27. The fourth-order valence-electron chi connectivity index (χ4n) is 1.36. The number of nitrogens with two attached hydrogens (primary N) is 1. The number of anilines is 1. The van der Waals surface area contributed by atoms with Crippen LogP contribution in [0.3, 0.4) is 0 Å². The highest BCUT2D eigenvalue weighted by molar-refractivity contribution is 5.75. The van der Waals surface area contributed by atoms with Gasteiger partial charge < -0.3 is 20.7 Å². The molecule has 1 aromatic carbocycles. The topological polar surface area (TPSA) is 92.8 Å². The molecule has 2 atom stereocenters. The van der Waals surface area contributed by atoms with Crippen LogP contribution in [0.1, 0.15) is 18.6 Å². The maximum atomic E-state index is 13.0. The van der Waals surface area contributed by atoms with Gasteiger partial charge >= 0.3 is 5.97 Å². The summed E-state index contributed by atoms with van der Waals surface area (Å²) in [5.74, 6) is -3.50. The van der Waals surface area contributed by atoms with Crippen molar-refractivity contribution in [1.82, 2.24) is 0 Å². The molecule has 0 aliphatic carbocycles. The van der Waals surface area contributed by atoms with E-state index in [-0.39, 0.29) is 17.9 Å². The molecule has 0 spiro atoms. The minimum atomic E-state index is -1.92. The van der Waals surface area contributed by atoms with Crippen LogP contribution in [0, 0.1) is 11.6 Å². The summed E-state index contributed by atoms with van der Waals surface area (Å²) in [6.07, 6.45) is -3.71. The van der Waals surface area contributed by atoms with Gasteiger partial charge in [0.1, 0.15) is 6.10 Å². The number of benzene rings is 1. The van der Waals surface area contributed by atoms with Gasteiger partial charge in [0.05, 0.1) is 6.61 Å². The molecule has 0 heterocycles. The van der Waals surface area contributed by atoms with E-state index in [1.807, 2.05) is 0 Å². The van der Waals surface area contributed by atoms with Crippen LogP contribution >= 0.6 is 0 Å². The highest BCUT2D eigenvalue weighted by atomic mass is 19.2. The van der Waals surface area contributed by atoms with E-state index in [0.29, 0.717) is 12.1 Å². The summed E-state index contributed by atoms with van der Waals surface area (Å²) < 4.78 is 30.3. The summed E-state index contributed by atoms with van der Waals surface area (Å²) in [7, 11) is 0. The van der Waals surface area contributed by atoms with Crippen molar-refractivity contribution >= 4 is 11.7 Å². The maximum Gasteiger partial charge on any atom is 0.338 e. The molecule has 1 rings (SSSR count). The summed E-state index contributed by atoms with van der Waals surface area (Å²) in [6, 6.07) is 1.28. The predicted octanol–water partition coefficient (Wildman–Crippen LogP) is 0.504. The zero-order valence-electron chi connectivity index (χ0n) is 9.56. The Kier molecular flexibility index (Phi) is 4.57. The Hall–Kier alpha value is -1.73. The van der Waals surface area contributed by atoms with E-state index in [1.165, 1.54) is 6.92 Å². The third kappa shape index (κ3) is 2.93. The van der Waals surface area contributed by atoms with Crippen molar-refractivity contribution in [2.24, 2.45) is 0 Å². The van der Waals surface area contributed by atoms with Gasteiger partial charge in [-0.1, -0.05) is 0 Å². The first kappa shape index (κ1) is 14.3. The number of rotatable bonds is 4. The van der Waals surface area contributed by atoms with Crippen molar-refractivity contribution in [1.29, 1.82) is 0 Å². The molecular weight excluding hydrogens is 248 g/mol. The van der Waals surface area contributed by atoms with E-state index in [4.69, 9.17) is 5.73 Å². The zero-order valence-corrected chi connectivity index (χ0v) is 9.56. The van der Waals surface area contributed by atoms with E-state index < -0.39 is 29.8 Å². The second-order valence-electron chi connectivity index (χ2n) is 3.54. The van der Waals surface area contributed by atoms with Gasteiger partial charge in [0.15, 0.2) is 17.7 Å². The van der Waals surface area contributed by atoms with Crippen LogP contribution in [0.4, 0.5) is 14.5 Å². The quantitative estimate of drug-likeness (QED) is 0.542. The number of aliphatic hydroxyl groups is 2. The summed E-state index contributed by atoms with van der Waals surface area (Å²) in [6.45, 7) is 1.53. The smallest absolute Gasteiger partial charge is 0.338 e. The van der Waals surface area contributed by atoms with Gasteiger partial charge in [0.25, 0.3) is 0 Å². The summed E-state index contributed by atoms with van der Waals surface area (Å²) in [4.78, 5) is 11.2. The molecule has 0 fully saturated rings. The lowest BCUT2D eigenvalue weighted by Gasteiger charge is -2.18. The molecule has 0 radical (unpaired) electrons. The van der Waals surface area contributed by atoms with Crippen molar-refractivity contribution in [2.75, 3.05) is 12.3 Å². The number of carbonyl (C=O) groups is 1. The lowest BCUT2D eigenvalue weighted by molar-refractivity contribution is -0.159. The largest absolute Gasteiger partial charge is 0.464 e. The molecule has 100 valence electrons. The minimum absolute atomic E-state index is 0.00980. The summed E-state index contributed by atoms with van der Waals surface area (Å²) >= 11 is 0. The number of hydrogen-bond acceptors (Lipinski definition) is 5. The van der Waals surface area contributed by atoms with Crippen molar-refractivity contribution in [3.05, 3.63) is 29.3 Å². The van der Waals surface area contributed by atoms with E-state index >= 15 is 0 Å². The predicted molar refractivity (Wildman–Crippen MR) is 58.4 cm³/mol. The molecule has 0 bridgehead atoms. The van der Waals surface area contributed by atoms with Crippen molar-refractivity contribution in [3.63, 3.8) is 0 Å².